The SMILES string of the molecule is CCCCOC(=O)NS(=O)(=O)c1sc(CC(C)C)cc1-c1ccc(C(=O)NC(C)C)cc1. The molecule has 2 N–H and O–H groups in total. The Morgan fingerprint density at radius 2 is 1.75 bits per heavy atom. The third-order valence-corrected chi connectivity index (χ3v) is 7.43. The van der Waals surface area contributed by atoms with Crippen molar-refractivity contribution in [3.63, 3.8) is 0 Å². The van der Waals surface area contributed by atoms with Gasteiger partial charge in [0.05, 0.1) is 6.61 Å². The molecule has 7 nitrogen and oxygen atoms in total. The van der Waals surface area contributed by atoms with E-state index in [1.54, 1.807) is 24.3 Å². The predicted octanol–water partition coefficient (Wildman–Crippen LogP) is 4.97. The maximum absolute atomic E-state index is 13.0. The van der Waals surface area contributed by atoms with Gasteiger partial charge in [-0.05, 0) is 56.4 Å². The molecule has 1 aromatic heterocycles. The quantitative estimate of drug-likeness (QED) is 0.468. The van der Waals surface area contributed by atoms with E-state index in [2.05, 4.69) is 19.2 Å². The van der Waals surface area contributed by atoms with E-state index in [0.29, 0.717) is 35.4 Å². The third-order valence-electron chi connectivity index (χ3n) is 4.43. The van der Waals surface area contributed by atoms with Gasteiger partial charge in [-0.2, -0.15) is 0 Å². The molecule has 0 aliphatic carbocycles. The zero-order valence-corrected chi connectivity index (χ0v) is 20.9. The van der Waals surface area contributed by atoms with Crippen molar-refractivity contribution in [2.45, 2.75) is 64.1 Å². The number of carbonyl (C=O) groups excluding carboxylic acids is 2. The minimum atomic E-state index is -4.12. The minimum Gasteiger partial charge on any atom is -0.449 e. The number of rotatable bonds is 10. The fraction of sp³-hybridized carbons (Fsp3) is 0.478. The zero-order valence-electron chi connectivity index (χ0n) is 19.2. The lowest BCUT2D eigenvalue weighted by Crippen LogP contribution is -2.31. The lowest BCUT2D eigenvalue weighted by Gasteiger charge is -2.10. The zero-order chi connectivity index (χ0) is 23.9. The van der Waals surface area contributed by atoms with Crippen molar-refractivity contribution in [3.05, 3.63) is 40.8 Å². The summed E-state index contributed by atoms with van der Waals surface area (Å²) in [5.74, 6) is 0.146. The monoisotopic (exact) mass is 480 g/mol. The van der Waals surface area contributed by atoms with E-state index in [0.717, 1.165) is 22.6 Å². The molecule has 0 bridgehead atoms. The van der Waals surface area contributed by atoms with E-state index in [1.807, 2.05) is 31.6 Å². The second-order valence-electron chi connectivity index (χ2n) is 8.31. The first-order valence-corrected chi connectivity index (χ1v) is 13.1. The van der Waals surface area contributed by atoms with Crippen LogP contribution < -0.4 is 10.0 Å². The summed E-state index contributed by atoms with van der Waals surface area (Å²) in [5, 5.41) is 2.83. The molecule has 0 aliphatic rings. The fourth-order valence-corrected chi connectivity index (χ4v) is 5.81. The van der Waals surface area contributed by atoms with Crippen LogP contribution in [0.15, 0.2) is 34.5 Å². The Morgan fingerprint density at radius 1 is 1.09 bits per heavy atom. The lowest BCUT2D eigenvalue weighted by molar-refractivity contribution is 0.0943. The highest BCUT2D eigenvalue weighted by Gasteiger charge is 2.26. The Hall–Kier alpha value is -2.39. The van der Waals surface area contributed by atoms with Gasteiger partial charge in [-0.15, -0.1) is 11.3 Å². The highest BCUT2D eigenvalue weighted by Crippen LogP contribution is 2.36. The van der Waals surface area contributed by atoms with E-state index in [-0.39, 0.29) is 22.8 Å². The van der Waals surface area contributed by atoms with Crippen molar-refractivity contribution in [2.24, 2.45) is 5.92 Å². The predicted molar refractivity (Wildman–Crippen MR) is 127 cm³/mol. The van der Waals surface area contributed by atoms with Gasteiger partial charge in [-0.25, -0.2) is 17.9 Å². The van der Waals surface area contributed by atoms with Gasteiger partial charge in [-0.3, -0.25) is 4.79 Å². The van der Waals surface area contributed by atoms with Crippen molar-refractivity contribution in [3.8, 4) is 11.1 Å². The second kappa shape index (κ2) is 11.5. The molecule has 0 saturated heterocycles. The third kappa shape index (κ3) is 7.34. The first kappa shape index (κ1) is 25.9. The molecule has 0 saturated carbocycles. The number of ether oxygens (including phenoxy) is 1. The Morgan fingerprint density at radius 3 is 2.31 bits per heavy atom. The average molecular weight is 481 g/mol. The van der Waals surface area contributed by atoms with Gasteiger partial charge >= 0.3 is 6.09 Å². The Bertz CT molecular complexity index is 1030. The van der Waals surface area contributed by atoms with E-state index in [4.69, 9.17) is 4.74 Å². The highest BCUT2D eigenvalue weighted by atomic mass is 32.2. The summed E-state index contributed by atoms with van der Waals surface area (Å²) in [5.41, 5.74) is 1.63. The van der Waals surface area contributed by atoms with Gasteiger partial charge in [0.25, 0.3) is 15.9 Å². The molecule has 2 amide bonds. The number of amides is 2. The number of nitrogens with one attached hydrogen (secondary N) is 2. The normalized spacial score (nSPS) is 11.6. The molecule has 1 aromatic carbocycles. The Labute approximate surface area is 194 Å². The molecule has 0 spiro atoms. The van der Waals surface area contributed by atoms with Crippen molar-refractivity contribution >= 4 is 33.4 Å². The number of carbonyl (C=O) groups is 2. The minimum absolute atomic E-state index is 0.0116. The van der Waals surface area contributed by atoms with E-state index in [1.165, 1.54) is 0 Å². The molecule has 0 radical (unpaired) electrons. The van der Waals surface area contributed by atoms with E-state index < -0.39 is 16.1 Å². The van der Waals surface area contributed by atoms with Crippen LogP contribution in [0, 0.1) is 5.92 Å². The van der Waals surface area contributed by atoms with Crippen LogP contribution in [0.4, 0.5) is 4.79 Å². The van der Waals surface area contributed by atoms with Crippen molar-refractivity contribution in [2.75, 3.05) is 6.61 Å². The summed E-state index contributed by atoms with van der Waals surface area (Å²) in [6.07, 6.45) is 1.22. The van der Waals surface area contributed by atoms with E-state index in [9.17, 15) is 18.0 Å². The van der Waals surface area contributed by atoms with Crippen molar-refractivity contribution < 1.29 is 22.7 Å². The molecule has 9 heteroatoms. The lowest BCUT2D eigenvalue weighted by atomic mass is 10.0. The van der Waals surface area contributed by atoms with Gasteiger partial charge < -0.3 is 10.1 Å². The van der Waals surface area contributed by atoms with Crippen LogP contribution in [-0.4, -0.2) is 33.1 Å². The average Bonchev–Trinajstić information content (AvgIpc) is 3.11. The molecule has 0 atom stereocenters. The summed E-state index contributed by atoms with van der Waals surface area (Å²) in [7, 11) is -4.12. The van der Waals surface area contributed by atoms with Gasteiger partial charge in [-0.1, -0.05) is 39.3 Å². The van der Waals surface area contributed by atoms with Gasteiger partial charge in [0.15, 0.2) is 0 Å². The van der Waals surface area contributed by atoms with Crippen LogP contribution in [-0.2, 0) is 21.2 Å². The standard InChI is InChI=1S/C23H32N2O5S2/c1-6-7-12-30-23(27)25-32(28,29)22-20(14-19(31-22)13-15(2)3)17-8-10-18(11-9-17)21(26)24-16(4)5/h8-11,14-16H,6-7,12-13H2,1-5H3,(H,24,26)(H,25,27). The van der Waals surface area contributed by atoms with E-state index >= 15 is 0 Å². The molecule has 0 aliphatic heterocycles. The van der Waals surface area contributed by atoms with Crippen LogP contribution in [0.3, 0.4) is 0 Å². The van der Waals surface area contributed by atoms with Crippen molar-refractivity contribution in [1.82, 2.24) is 10.0 Å². The van der Waals surface area contributed by atoms with Gasteiger partial charge in [0, 0.05) is 22.0 Å². The fourth-order valence-electron chi connectivity index (χ4n) is 2.97. The molecular weight excluding hydrogens is 448 g/mol. The maximum atomic E-state index is 13.0. The highest BCUT2D eigenvalue weighted by molar-refractivity contribution is 7.92. The van der Waals surface area contributed by atoms with Crippen LogP contribution in [0.2, 0.25) is 0 Å². The number of hydrogen-bond donors (Lipinski definition) is 2. The topological polar surface area (TPSA) is 102 Å². The van der Waals surface area contributed by atoms with Crippen LogP contribution >= 0.6 is 11.3 Å². The molecule has 1 heterocycles. The van der Waals surface area contributed by atoms with Crippen molar-refractivity contribution in [1.29, 1.82) is 0 Å². The van der Waals surface area contributed by atoms with Crippen LogP contribution in [0.5, 0.6) is 0 Å². The Balaban J connectivity index is 2.37. The molecule has 2 aromatic rings. The Kier molecular flexibility index (Phi) is 9.27. The summed E-state index contributed by atoms with van der Waals surface area (Å²) < 4.78 is 33.0. The molecule has 0 unspecified atom stereocenters. The number of unbranched alkanes of at least 4 members (excludes halogenated alkanes) is 1. The largest absolute Gasteiger partial charge is 0.449 e. The summed E-state index contributed by atoms with van der Waals surface area (Å²) in [6.45, 7) is 9.98. The van der Waals surface area contributed by atoms with Crippen LogP contribution in [0.1, 0.15) is 62.7 Å². The number of sulfonamides is 1. The number of benzene rings is 1. The molecule has 32 heavy (non-hydrogen) atoms. The number of thiophene rings is 1. The summed E-state index contributed by atoms with van der Waals surface area (Å²) in [6, 6.07) is 8.61. The first-order valence-electron chi connectivity index (χ1n) is 10.8. The first-order chi connectivity index (χ1) is 15.0. The molecular formula is C23H32N2O5S2. The smallest absolute Gasteiger partial charge is 0.421 e. The second-order valence-corrected chi connectivity index (χ2v) is 11.3. The summed E-state index contributed by atoms with van der Waals surface area (Å²) >= 11 is 1.14. The summed E-state index contributed by atoms with van der Waals surface area (Å²) in [4.78, 5) is 25.1. The van der Waals surface area contributed by atoms with Gasteiger partial charge in [0.1, 0.15) is 4.21 Å². The molecule has 176 valence electrons. The molecule has 2 rings (SSSR count). The van der Waals surface area contributed by atoms with Gasteiger partial charge in [0.2, 0.25) is 0 Å². The maximum Gasteiger partial charge on any atom is 0.421 e. The molecule has 0 fully saturated rings. The van der Waals surface area contributed by atoms with Crippen LogP contribution in [0.25, 0.3) is 11.1 Å². The number of hydrogen-bond acceptors (Lipinski definition) is 6.